The van der Waals surface area contributed by atoms with E-state index < -0.39 is 0 Å². The van der Waals surface area contributed by atoms with Crippen molar-refractivity contribution < 1.29 is 18.9 Å². The molecule has 366 valence electrons. The summed E-state index contributed by atoms with van der Waals surface area (Å²) in [5.74, 6) is 3.30. The van der Waals surface area contributed by atoms with E-state index in [1.165, 1.54) is 107 Å². The molecule has 12 rings (SSSR count). The van der Waals surface area contributed by atoms with Gasteiger partial charge in [-0.25, -0.2) is 0 Å². The Morgan fingerprint density at radius 2 is 0.722 bits per heavy atom. The van der Waals surface area contributed by atoms with Crippen LogP contribution in [0.15, 0.2) is 122 Å². The Morgan fingerprint density at radius 3 is 1.08 bits per heavy atom. The van der Waals surface area contributed by atoms with Crippen LogP contribution in [0.3, 0.4) is 0 Å². The fraction of sp³-hybridized carbons (Fsp3) is 0.344. The van der Waals surface area contributed by atoms with Crippen LogP contribution in [0.1, 0.15) is 127 Å². The number of ether oxygens (including phenoxy) is 4. The van der Waals surface area contributed by atoms with Crippen molar-refractivity contribution >= 4 is 22.7 Å². The zero-order valence-electron chi connectivity index (χ0n) is 42.2. The minimum Gasteiger partial charge on any atom is -0.485 e. The van der Waals surface area contributed by atoms with Gasteiger partial charge in [0.2, 0.25) is 0 Å². The number of nitrogens with zero attached hydrogens (tertiary/aromatic N) is 2. The summed E-state index contributed by atoms with van der Waals surface area (Å²) in [5, 5.41) is 0. The van der Waals surface area contributed by atoms with E-state index in [0.29, 0.717) is 26.4 Å². The molecule has 8 heteroatoms. The number of pyridine rings is 2. The smallest absolute Gasteiger partial charge is 0.180 e. The molecule has 72 heavy (non-hydrogen) atoms. The van der Waals surface area contributed by atoms with Crippen molar-refractivity contribution in [1.82, 2.24) is 9.97 Å². The molecule has 0 unspecified atom stereocenters. The summed E-state index contributed by atoms with van der Waals surface area (Å²) in [4.78, 5) is 14.2. The summed E-state index contributed by atoms with van der Waals surface area (Å²) in [5.41, 5.74) is 17.4. The molecule has 0 N–H and O–H groups in total. The van der Waals surface area contributed by atoms with Crippen molar-refractivity contribution in [3.63, 3.8) is 0 Å². The number of rotatable bonds is 17. The fourth-order valence-corrected chi connectivity index (χ4v) is 14.9. The maximum atomic E-state index is 6.55. The fourth-order valence-electron chi connectivity index (χ4n) is 12.5. The first-order chi connectivity index (χ1) is 35.5. The van der Waals surface area contributed by atoms with E-state index in [-0.39, 0.29) is 10.8 Å². The predicted molar refractivity (Wildman–Crippen MR) is 297 cm³/mol. The molecule has 0 radical (unpaired) electrons. The molecular formula is C64H64N2O4S2. The van der Waals surface area contributed by atoms with Gasteiger partial charge in [-0.3, -0.25) is 9.97 Å². The van der Waals surface area contributed by atoms with Gasteiger partial charge in [0.25, 0.3) is 0 Å². The summed E-state index contributed by atoms with van der Waals surface area (Å²) < 4.78 is 26.1. The second kappa shape index (κ2) is 19.7. The largest absolute Gasteiger partial charge is 0.485 e. The second-order valence-electron chi connectivity index (χ2n) is 20.3. The highest BCUT2D eigenvalue weighted by Crippen LogP contribution is 2.60. The normalized spacial score (nSPS) is 15.2. The van der Waals surface area contributed by atoms with Crippen LogP contribution < -0.4 is 18.9 Å². The zero-order chi connectivity index (χ0) is 48.8. The molecule has 0 bridgehead atoms. The van der Waals surface area contributed by atoms with Gasteiger partial charge in [0, 0.05) is 23.2 Å². The molecule has 6 heterocycles. The molecule has 4 aromatic heterocycles. The number of benzene rings is 4. The molecule has 2 aliphatic carbocycles. The van der Waals surface area contributed by atoms with Gasteiger partial charge in [0.1, 0.15) is 26.4 Å². The van der Waals surface area contributed by atoms with E-state index in [4.69, 9.17) is 28.9 Å². The summed E-state index contributed by atoms with van der Waals surface area (Å²) in [6, 6.07) is 41.1. The van der Waals surface area contributed by atoms with Crippen molar-refractivity contribution in [3.8, 4) is 98.4 Å². The number of thiophene rings is 2. The Bertz CT molecular complexity index is 3070. The molecule has 6 nitrogen and oxygen atoms in total. The lowest BCUT2D eigenvalue weighted by Gasteiger charge is -2.33. The van der Waals surface area contributed by atoms with Crippen molar-refractivity contribution in [3.05, 3.63) is 144 Å². The highest BCUT2D eigenvalue weighted by Gasteiger charge is 2.44. The summed E-state index contributed by atoms with van der Waals surface area (Å²) in [7, 11) is 0. The Kier molecular flexibility index (Phi) is 12.8. The summed E-state index contributed by atoms with van der Waals surface area (Å²) >= 11 is 3.50. The third kappa shape index (κ3) is 7.78. The third-order valence-corrected chi connectivity index (χ3v) is 18.5. The SMILES string of the molecule is CCCCC1(CCCC)c2ccccc2-c2ccc(-c3sc(-c4ccnc(-c5cc(-c6sc(-c7ccc8c(c7)C(CCCC)(CCCC)c7ccccc7-8)c7c6OCCO7)ccn5)c4)c4c3OCCO4)cc21. The molecule has 0 amide bonds. The van der Waals surface area contributed by atoms with Crippen LogP contribution in [0.4, 0.5) is 0 Å². The van der Waals surface area contributed by atoms with Gasteiger partial charge in [-0.05, 0) is 129 Å². The van der Waals surface area contributed by atoms with E-state index >= 15 is 0 Å². The summed E-state index contributed by atoms with van der Waals surface area (Å²) in [6.07, 6.45) is 17.9. The highest BCUT2D eigenvalue weighted by molar-refractivity contribution is 7.20. The molecule has 0 spiro atoms. The van der Waals surface area contributed by atoms with Crippen LogP contribution in [0, 0.1) is 0 Å². The lowest BCUT2D eigenvalue weighted by molar-refractivity contribution is 0.175. The van der Waals surface area contributed by atoms with Crippen molar-refractivity contribution in [2.75, 3.05) is 26.4 Å². The lowest BCUT2D eigenvalue weighted by atomic mass is 9.70. The van der Waals surface area contributed by atoms with E-state index in [1.54, 1.807) is 22.7 Å². The second-order valence-corrected chi connectivity index (χ2v) is 22.3. The molecule has 0 saturated carbocycles. The van der Waals surface area contributed by atoms with E-state index in [0.717, 1.165) is 90.7 Å². The van der Waals surface area contributed by atoms with Gasteiger partial charge >= 0.3 is 0 Å². The van der Waals surface area contributed by atoms with Crippen molar-refractivity contribution in [2.24, 2.45) is 0 Å². The minimum absolute atomic E-state index is 0.000198. The molecule has 4 aromatic carbocycles. The first-order valence-electron chi connectivity index (χ1n) is 26.8. The van der Waals surface area contributed by atoms with Crippen LogP contribution in [0.5, 0.6) is 23.0 Å². The standard InChI is InChI=1S/C64H64N2O4S2/c1-5-9-27-63(28-10-6-2)49-19-15-13-17-45(49)47-23-21-41(37-51(47)63)59-55-57(69-35-33-67-55)61(71-59)43-25-31-65-53(39-43)54-40-44(26-32-66-54)62-58-56(68-34-36-70-58)60(72-62)42-22-24-48-46-18-14-16-20-50(46)64(29-11-7-3,30-12-8-4)52(48)38-42/h13-26,31-32,37-40H,5-12,27-30,33-36H2,1-4H3. The average molecular weight is 989 g/mol. The Labute approximate surface area is 433 Å². The maximum Gasteiger partial charge on any atom is 0.180 e. The molecule has 2 aliphatic heterocycles. The minimum atomic E-state index is -0.000198. The van der Waals surface area contributed by atoms with E-state index in [9.17, 15) is 0 Å². The Balaban J connectivity index is 0.902. The molecular weight excluding hydrogens is 925 g/mol. The number of hydrogen-bond donors (Lipinski definition) is 0. The van der Waals surface area contributed by atoms with E-state index in [1.807, 2.05) is 12.4 Å². The van der Waals surface area contributed by atoms with Gasteiger partial charge in [-0.15, -0.1) is 22.7 Å². The van der Waals surface area contributed by atoms with Gasteiger partial charge in [0.05, 0.1) is 30.9 Å². The van der Waals surface area contributed by atoms with Crippen molar-refractivity contribution in [2.45, 2.75) is 116 Å². The number of fused-ring (bicyclic) bond motifs is 8. The summed E-state index contributed by atoms with van der Waals surface area (Å²) in [6.45, 7) is 11.3. The van der Waals surface area contributed by atoms with Gasteiger partial charge in [0.15, 0.2) is 23.0 Å². The van der Waals surface area contributed by atoms with Gasteiger partial charge in [-0.1, -0.05) is 152 Å². The highest BCUT2D eigenvalue weighted by atomic mass is 32.1. The van der Waals surface area contributed by atoms with Crippen LogP contribution in [0.2, 0.25) is 0 Å². The molecule has 8 aromatic rings. The average Bonchev–Trinajstić information content (AvgIpc) is 4.17. The van der Waals surface area contributed by atoms with Crippen molar-refractivity contribution in [1.29, 1.82) is 0 Å². The lowest BCUT2D eigenvalue weighted by Crippen LogP contribution is -2.25. The quantitative estimate of drug-likeness (QED) is 0.0906. The monoisotopic (exact) mass is 988 g/mol. The van der Waals surface area contributed by atoms with Crippen LogP contribution >= 0.6 is 22.7 Å². The van der Waals surface area contributed by atoms with Crippen LogP contribution in [-0.4, -0.2) is 36.4 Å². The molecule has 4 aliphatic rings. The van der Waals surface area contributed by atoms with Gasteiger partial charge in [-0.2, -0.15) is 0 Å². The number of aromatic nitrogens is 2. The maximum absolute atomic E-state index is 6.55. The topological polar surface area (TPSA) is 62.7 Å². The first-order valence-corrected chi connectivity index (χ1v) is 28.4. The van der Waals surface area contributed by atoms with Crippen LogP contribution in [-0.2, 0) is 10.8 Å². The Morgan fingerprint density at radius 1 is 0.389 bits per heavy atom. The van der Waals surface area contributed by atoms with E-state index in [2.05, 4.69) is 137 Å². The number of hydrogen-bond acceptors (Lipinski definition) is 8. The zero-order valence-corrected chi connectivity index (χ0v) is 43.8. The molecule has 0 fully saturated rings. The first kappa shape index (κ1) is 46.8. The van der Waals surface area contributed by atoms with Gasteiger partial charge < -0.3 is 18.9 Å². The molecule has 0 atom stereocenters. The third-order valence-electron chi connectivity index (χ3n) is 16.0. The molecule has 0 saturated heterocycles. The predicted octanol–water partition coefficient (Wildman–Crippen LogP) is 17.8. The van der Waals surface area contributed by atoms with Crippen LogP contribution in [0.25, 0.3) is 75.4 Å². The number of unbranched alkanes of at least 4 members (excludes halogenated alkanes) is 4. The Hall–Kier alpha value is -6.22.